The molecule has 1 fully saturated rings. The second kappa shape index (κ2) is 6.89. The highest BCUT2D eigenvalue weighted by molar-refractivity contribution is 5.79. The smallest absolute Gasteiger partial charge is 0.223 e. The molecule has 1 aliphatic rings. The fraction of sp³-hybridized carbons (Fsp3) is 0.562. The molecule has 21 heavy (non-hydrogen) atoms. The van der Waals surface area contributed by atoms with Crippen LogP contribution in [-0.2, 0) is 4.79 Å². The molecule has 1 aliphatic heterocycles. The predicted octanol–water partition coefficient (Wildman–Crippen LogP) is 2.40. The van der Waals surface area contributed by atoms with Crippen molar-refractivity contribution < 1.29 is 13.9 Å². The Bertz CT molecular complexity index is 507. The van der Waals surface area contributed by atoms with Crippen LogP contribution in [0.1, 0.15) is 38.3 Å². The molecular weight excluding hydrogens is 271 g/mol. The zero-order valence-electron chi connectivity index (χ0n) is 12.8. The third-order valence-electron chi connectivity index (χ3n) is 4.01. The average Bonchev–Trinajstić information content (AvgIpc) is 2.47. The summed E-state index contributed by atoms with van der Waals surface area (Å²) >= 11 is 0. The standard InChI is InChI=1S/C16H23FN2O2/c1-10-8-12(6-7-18-10)16(20)19-11(2)14-9-13(17)4-5-15(14)21-3/h4-5,9-12,18H,6-8H2,1-3H3,(H,19,20). The number of amides is 1. The molecule has 1 saturated heterocycles. The summed E-state index contributed by atoms with van der Waals surface area (Å²) in [5.74, 6) is 0.302. The molecule has 1 amide bonds. The van der Waals surface area contributed by atoms with Crippen LogP contribution in [0.3, 0.4) is 0 Å². The maximum atomic E-state index is 13.4. The molecule has 4 nitrogen and oxygen atoms in total. The van der Waals surface area contributed by atoms with E-state index in [0.29, 0.717) is 17.4 Å². The van der Waals surface area contributed by atoms with E-state index in [1.54, 1.807) is 13.2 Å². The van der Waals surface area contributed by atoms with Gasteiger partial charge in [-0.2, -0.15) is 0 Å². The summed E-state index contributed by atoms with van der Waals surface area (Å²) in [5, 5.41) is 6.30. The topological polar surface area (TPSA) is 50.4 Å². The third-order valence-corrected chi connectivity index (χ3v) is 4.01. The summed E-state index contributed by atoms with van der Waals surface area (Å²) in [6.45, 7) is 4.79. The van der Waals surface area contributed by atoms with E-state index in [1.807, 2.05) is 6.92 Å². The van der Waals surface area contributed by atoms with E-state index in [4.69, 9.17) is 4.74 Å². The summed E-state index contributed by atoms with van der Waals surface area (Å²) in [6, 6.07) is 4.42. The zero-order chi connectivity index (χ0) is 15.4. The van der Waals surface area contributed by atoms with Crippen molar-refractivity contribution in [3.8, 4) is 5.75 Å². The van der Waals surface area contributed by atoms with Gasteiger partial charge < -0.3 is 15.4 Å². The van der Waals surface area contributed by atoms with E-state index in [-0.39, 0.29) is 23.7 Å². The number of benzene rings is 1. The Labute approximate surface area is 125 Å². The van der Waals surface area contributed by atoms with E-state index in [0.717, 1.165) is 19.4 Å². The van der Waals surface area contributed by atoms with E-state index < -0.39 is 0 Å². The van der Waals surface area contributed by atoms with Gasteiger partial charge in [0, 0.05) is 17.5 Å². The molecule has 0 bridgehead atoms. The van der Waals surface area contributed by atoms with Gasteiger partial charge in [0.25, 0.3) is 0 Å². The molecule has 5 heteroatoms. The highest BCUT2D eigenvalue weighted by atomic mass is 19.1. The minimum Gasteiger partial charge on any atom is -0.496 e. The molecular formula is C16H23FN2O2. The number of carbonyl (C=O) groups excluding carboxylic acids is 1. The number of hydrogen-bond donors (Lipinski definition) is 2. The molecule has 2 rings (SSSR count). The van der Waals surface area contributed by atoms with Gasteiger partial charge >= 0.3 is 0 Å². The Morgan fingerprint density at radius 3 is 2.95 bits per heavy atom. The van der Waals surface area contributed by atoms with Crippen LogP contribution in [0.15, 0.2) is 18.2 Å². The first-order valence-electron chi connectivity index (χ1n) is 7.38. The molecule has 1 aromatic rings. The van der Waals surface area contributed by atoms with Gasteiger partial charge in [-0.3, -0.25) is 4.79 Å². The van der Waals surface area contributed by atoms with Crippen LogP contribution in [0, 0.1) is 11.7 Å². The summed E-state index contributed by atoms with van der Waals surface area (Å²) < 4.78 is 18.6. The van der Waals surface area contributed by atoms with Gasteiger partial charge in [0.05, 0.1) is 13.2 Å². The number of piperidine rings is 1. The highest BCUT2D eigenvalue weighted by Crippen LogP contribution is 2.26. The van der Waals surface area contributed by atoms with Crippen molar-refractivity contribution in [2.24, 2.45) is 5.92 Å². The quantitative estimate of drug-likeness (QED) is 0.896. The summed E-state index contributed by atoms with van der Waals surface area (Å²) in [7, 11) is 1.54. The van der Waals surface area contributed by atoms with Crippen LogP contribution in [0.2, 0.25) is 0 Å². The largest absolute Gasteiger partial charge is 0.496 e. The van der Waals surface area contributed by atoms with E-state index in [2.05, 4.69) is 17.6 Å². The van der Waals surface area contributed by atoms with E-state index >= 15 is 0 Å². The highest BCUT2D eigenvalue weighted by Gasteiger charge is 2.26. The van der Waals surface area contributed by atoms with Gasteiger partial charge in [-0.15, -0.1) is 0 Å². The van der Waals surface area contributed by atoms with Crippen LogP contribution < -0.4 is 15.4 Å². The predicted molar refractivity (Wildman–Crippen MR) is 79.7 cm³/mol. The van der Waals surface area contributed by atoms with Gasteiger partial charge in [0.2, 0.25) is 5.91 Å². The maximum Gasteiger partial charge on any atom is 0.223 e. The van der Waals surface area contributed by atoms with Crippen molar-refractivity contribution in [2.75, 3.05) is 13.7 Å². The maximum absolute atomic E-state index is 13.4. The van der Waals surface area contributed by atoms with Crippen LogP contribution in [0.25, 0.3) is 0 Å². The molecule has 0 aliphatic carbocycles. The SMILES string of the molecule is COc1ccc(F)cc1C(C)NC(=O)C1CCNC(C)C1. The lowest BCUT2D eigenvalue weighted by Gasteiger charge is -2.28. The van der Waals surface area contributed by atoms with Crippen molar-refractivity contribution in [3.63, 3.8) is 0 Å². The second-order valence-electron chi connectivity index (χ2n) is 5.69. The molecule has 116 valence electrons. The van der Waals surface area contributed by atoms with E-state index in [9.17, 15) is 9.18 Å². The Hall–Kier alpha value is -1.62. The first-order valence-corrected chi connectivity index (χ1v) is 7.38. The van der Waals surface area contributed by atoms with Gasteiger partial charge in [-0.05, 0) is 51.4 Å². The van der Waals surface area contributed by atoms with Crippen LogP contribution in [0.5, 0.6) is 5.75 Å². The van der Waals surface area contributed by atoms with Crippen molar-refractivity contribution in [2.45, 2.75) is 38.8 Å². The van der Waals surface area contributed by atoms with Crippen molar-refractivity contribution >= 4 is 5.91 Å². The van der Waals surface area contributed by atoms with E-state index in [1.165, 1.54) is 12.1 Å². The van der Waals surface area contributed by atoms with Gasteiger partial charge in [0.1, 0.15) is 11.6 Å². The Morgan fingerprint density at radius 2 is 2.29 bits per heavy atom. The molecule has 0 saturated carbocycles. The van der Waals surface area contributed by atoms with Crippen molar-refractivity contribution in [1.82, 2.24) is 10.6 Å². The number of nitrogens with one attached hydrogen (secondary N) is 2. The third kappa shape index (κ3) is 3.94. The van der Waals surface area contributed by atoms with Crippen LogP contribution >= 0.6 is 0 Å². The lowest BCUT2D eigenvalue weighted by Crippen LogP contribution is -2.43. The summed E-state index contributed by atoms with van der Waals surface area (Å²) in [4.78, 5) is 12.3. The van der Waals surface area contributed by atoms with Crippen LogP contribution in [-0.4, -0.2) is 25.6 Å². The fourth-order valence-corrected chi connectivity index (χ4v) is 2.82. The molecule has 0 spiro atoms. The molecule has 3 atom stereocenters. The van der Waals surface area contributed by atoms with Crippen molar-refractivity contribution in [3.05, 3.63) is 29.6 Å². The average molecular weight is 294 g/mol. The second-order valence-corrected chi connectivity index (χ2v) is 5.69. The number of ether oxygens (including phenoxy) is 1. The van der Waals surface area contributed by atoms with Crippen LogP contribution in [0.4, 0.5) is 4.39 Å². The Kier molecular flexibility index (Phi) is 5.17. The Balaban J connectivity index is 2.05. The number of hydrogen-bond acceptors (Lipinski definition) is 3. The monoisotopic (exact) mass is 294 g/mol. The van der Waals surface area contributed by atoms with Gasteiger partial charge in [0.15, 0.2) is 0 Å². The molecule has 1 aromatic carbocycles. The molecule has 1 heterocycles. The summed E-state index contributed by atoms with van der Waals surface area (Å²) in [6.07, 6.45) is 1.67. The first-order chi connectivity index (χ1) is 10.0. The zero-order valence-corrected chi connectivity index (χ0v) is 12.8. The number of carbonyl (C=O) groups is 1. The molecule has 2 N–H and O–H groups in total. The molecule has 3 unspecified atom stereocenters. The fourth-order valence-electron chi connectivity index (χ4n) is 2.82. The molecule has 0 radical (unpaired) electrons. The number of halogens is 1. The number of methoxy groups -OCH3 is 1. The van der Waals surface area contributed by atoms with Gasteiger partial charge in [-0.1, -0.05) is 0 Å². The minimum absolute atomic E-state index is 0.0169. The van der Waals surface area contributed by atoms with Crippen molar-refractivity contribution in [1.29, 1.82) is 0 Å². The minimum atomic E-state index is -0.331. The molecule has 0 aromatic heterocycles. The first kappa shape index (κ1) is 15.8. The number of rotatable bonds is 4. The Morgan fingerprint density at radius 1 is 1.52 bits per heavy atom. The summed E-state index contributed by atoms with van der Waals surface area (Å²) in [5.41, 5.74) is 0.660. The lowest BCUT2D eigenvalue weighted by molar-refractivity contribution is -0.126. The van der Waals surface area contributed by atoms with Gasteiger partial charge in [-0.25, -0.2) is 4.39 Å². The normalized spacial score (nSPS) is 23.4. The lowest BCUT2D eigenvalue weighted by atomic mass is 9.92.